The van der Waals surface area contributed by atoms with Gasteiger partial charge in [0.15, 0.2) is 0 Å². The molecule has 108 valence electrons. The van der Waals surface area contributed by atoms with Crippen LogP contribution < -0.4 is 10.1 Å². The number of hydrogen-bond acceptors (Lipinski definition) is 3. The first kappa shape index (κ1) is 14.3. The maximum atomic E-state index is 12.9. The van der Waals surface area contributed by atoms with Crippen molar-refractivity contribution in [1.29, 1.82) is 0 Å². The number of urea groups is 1. The molecule has 1 N–H and O–H groups in total. The Kier molecular flexibility index (Phi) is 4.92. The number of piperidine rings is 1. The minimum Gasteiger partial charge on any atom is -0.474 e. The topological polar surface area (TPSA) is 54.5 Å². The third-order valence-corrected chi connectivity index (χ3v) is 3.10. The van der Waals surface area contributed by atoms with Crippen molar-refractivity contribution >= 4 is 6.03 Å². The maximum absolute atomic E-state index is 12.9. The second-order valence-corrected chi connectivity index (χ2v) is 4.58. The van der Waals surface area contributed by atoms with Gasteiger partial charge in [0.1, 0.15) is 6.10 Å². The van der Waals surface area contributed by atoms with Crippen molar-refractivity contribution < 1.29 is 13.9 Å². The van der Waals surface area contributed by atoms with E-state index >= 15 is 0 Å². The van der Waals surface area contributed by atoms with Gasteiger partial charge in [-0.1, -0.05) is 12.1 Å². The smallest absolute Gasteiger partial charge is 0.317 e. The summed E-state index contributed by atoms with van der Waals surface area (Å²) in [7, 11) is 0. The highest BCUT2D eigenvalue weighted by molar-refractivity contribution is 5.74. The van der Waals surface area contributed by atoms with Gasteiger partial charge in [-0.15, -0.1) is 6.58 Å². The molecule has 2 heterocycles. The molecule has 0 atom stereocenters. The SMILES string of the molecule is C=CCNC(=O)N1CCC(Oc2cccc(F)n2)CC1. The van der Waals surface area contributed by atoms with Gasteiger partial charge in [0.2, 0.25) is 11.8 Å². The zero-order valence-electron chi connectivity index (χ0n) is 11.2. The summed E-state index contributed by atoms with van der Waals surface area (Å²) < 4.78 is 18.6. The first-order chi connectivity index (χ1) is 9.69. The van der Waals surface area contributed by atoms with Crippen molar-refractivity contribution in [1.82, 2.24) is 15.2 Å². The van der Waals surface area contributed by atoms with Crippen molar-refractivity contribution in [2.45, 2.75) is 18.9 Å². The molecule has 0 radical (unpaired) electrons. The number of pyridine rings is 1. The van der Waals surface area contributed by atoms with E-state index in [0.717, 1.165) is 0 Å². The van der Waals surface area contributed by atoms with Gasteiger partial charge in [-0.3, -0.25) is 0 Å². The predicted molar refractivity (Wildman–Crippen MR) is 73.0 cm³/mol. The average Bonchev–Trinajstić information content (AvgIpc) is 2.45. The lowest BCUT2D eigenvalue weighted by Crippen LogP contribution is -2.46. The quantitative estimate of drug-likeness (QED) is 0.677. The standard InChI is InChI=1S/C14H18FN3O2/c1-2-8-16-14(19)18-9-6-11(7-10-18)20-13-5-3-4-12(15)17-13/h2-5,11H,1,6-10H2,(H,16,19). The molecule has 5 nitrogen and oxygen atoms in total. The number of aromatic nitrogens is 1. The van der Waals surface area contributed by atoms with Gasteiger partial charge in [-0.2, -0.15) is 9.37 Å². The van der Waals surface area contributed by atoms with Gasteiger partial charge in [0, 0.05) is 38.5 Å². The first-order valence-corrected chi connectivity index (χ1v) is 6.62. The van der Waals surface area contributed by atoms with Gasteiger partial charge in [0.25, 0.3) is 0 Å². The summed E-state index contributed by atoms with van der Waals surface area (Å²) in [5.41, 5.74) is 0. The van der Waals surface area contributed by atoms with E-state index in [1.165, 1.54) is 6.07 Å². The molecular weight excluding hydrogens is 261 g/mol. The van der Waals surface area contributed by atoms with E-state index in [9.17, 15) is 9.18 Å². The summed E-state index contributed by atoms with van der Waals surface area (Å²) in [5, 5.41) is 2.74. The van der Waals surface area contributed by atoms with E-state index in [1.54, 1.807) is 23.1 Å². The van der Waals surface area contributed by atoms with Gasteiger partial charge in [-0.05, 0) is 6.07 Å². The molecule has 0 spiro atoms. The van der Waals surface area contributed by atoms with Crippen LogP contribution in [0.15, 0.2) is 30.9 Å². The molecule has 1 fully saturated rings. The summed E-state index contributed by atoms with van der Waals surface area (Å²) >= 11 is 0. The zero-order valence-corrected chi connectivity index (χ0v) is 11.2. The number of carbonyl (C=O) groups is 1. The van der Waals surface area contributed by atoms with Crippen LogP contribution in [0.5, 0.6) is 5.88 Å². The van der Waals surface area contributed by atoms with E-state index in [1.807, 2.05) is 0 Å². The molecule has 1 aliphatic rings. The molecule has 6 heteroatoms. The number of nitrogens with one attached hydrogen (secondary N) is 1. The molecule has 1 aliphatic heterocycles. The molecule has 0 aliphatic carbocycles. The Morgan fingerprint density at radius 2 is 2.30 bits per heavy atom. The van der Waals surface area contributed by atoms with Crippen LogP contribution in [0.3, 0.4) is 0 Å². The monoisotopic (exact) mass is 279 g/mol. The van der Waals surface area contributed by atoms with Crippen molar-refractivity contribution in [2.24, 2.45) is 0 Å². The number of ether oxygens (including phenoxy) is 1. The molecule has 0 unspecified atom stereocenters. The van der Waals surface area contributed by atoms with Gasteiger partial charge >= 0.3 is 6.03 Å². The number of nitrogens with zero attached hydrogens (tertiary/aromatic N) is 2. The van der Waals surface area contributed by atoms with Gasteiger partial charge in [-0.25, -0.2) is 4.79 Å². The number of amides is 2. The van der Waals surface area contributed by atoms with E-state index in [0.29, 0.717) is 38.4 Å². The zero-order chi connectivity index (χ0) is 14.4. The summed E-state index contributed by atoms with van der Waals surface area (Å²) in [5.74, 6) is -0.261. The Morgan fingerprint density at radius 1 is 1.55 bits per heavy atom. The van der Waals surface area contributed by atoms with Gasteiger partial charge in [0.05, 0.1) is 0 Å². The fourth-order valence-electron chi connectivity index (χ4n) is 2.07. The largest absolute Gasteiger partial charge is 0.474 e. The molecule has 1 aromatic heterocycles. The Balaban J connectivity index is 1.79. The fraction of sp³-hybridized carbons (Fsp3) is 0.429. The van der Waals surface area contributed by atoms with Crippen LogP contribution in [-0.4, -0.2) is 41.7 Å². The third-order valence-electron chi connectivity index (χ3n) is 3.10. The van der Waals surface area contributed by atoms with Crippen molar-refractivity contribution in [3.8, 4) is 5.88 Å². The first-order valence-electron chi connectivity index (χ1n) is 6.62. The van der Waals surface area contributed by atoms with E-state index in [2.05, 4.69) is 16.9 Å². The van der Waals surface area contributed by atoms with Gasteiger partial charge < -0.3 is 15.0 Å². The lowest BCUT2D eigenvalue weighted by molar-refractivity contribution is 0.107. The molecule has 0 aromatic carbocycles. The fourth-order valence-corrected chi connectivity index (χ4v) is 2.07. The predicted octanol–water partition coefficient (Wildman–Crippen LogP) is 1.96. The van der Waals surface area contributed by atoms with Crippen molar-refractivity contribution in [2.75, 3.05) is 19.6 Å². The van der Waals surface area contributed by atoms with Crippen LogP contribution in [0.4, 0.5) is 9.18 Å². The molecule has 2 amide bonds. The number of halogens is 1. The summed E-state index contributed by atoms with van der Waals surface area (Å²) in [6.45, 7) is 5.24. The summed E-state index contributed by atoms with van der Waals surface area (Å²) in [6.07, 6.45) is 3.02. The number of likely N-dealkylation sites (tertiary alicyclic amines) is 1. The minimum absolute atomic E-state index is 0.0345. The highest BCUT2D eigenvalue weighted by Gasteiger charge is 2.23. The molecule has 0 saturated carbocycles. The van der Waals surface area contributed by atoms with E-state index in [4.69, 9.17) is 4.74 Å². The second kappa shape index (κ2) is 6.88. The lowest BCUT2D eigenvalue weighted by atomic mass is 10.1. The average molecular weight is 279 g/mol. The number of hydrogen-bond donors (Lipinski definition) is 1. The highest BCUT2D eigenvalue weighted by Crippen LogP contribution is 2.17. The van der Waals surface area contributed by atoms with Crippen molar-refractivity contribution in [3.63, 3.8) is 0 Å². The van der Waals surface area contributed by atoms with E-state index < -0.39 is 5.95 Å². The Morgan fingerprint density at radius 3 is 2.95 bits per heavy atom. The van der Waals surface area contributed by atoms with Crippen LogP contribution in [0.1, 0.15) is 12.8 Å². The lowest BCUT2D eigenvalue weighted by Gasteiger charge is -2.31. The molecule has 0 bridgehead atoms. The molecule has 2 rings (SSSR count). The molecule has 1 saturated heterocycles. The van der Waals surface area contributed by atoms with Crippen LogP contribution >= 0.6 is 0 Å². The van der Waals surface area contributed by atoms with Crippen LogP contribution in [0.25, 0.3) is 0 Å². The molecule has 1 aromatic rings. The van der Waals surface area contributed by atoms with E-state index in [-0.39, 0.29) is 12.1 Å². The normalized spacial score (nSPS) is 15.8. The Labute approximate surface area is 117 Å². The molecule has 20 heavy (non-hydrogen) atoms. The van der Waals surface area contributed by atoms with Crippen LogP contribution in [0, 0.1) is 5.95 Å². The highest BCUT2D eigenvalue weighted by atomic mass is 19.1. The number of carbonyl (C=O) groups excluding carboxylic acids is 1. The molecular formula is C14H18FN3O2. The second-order valence-electron chi connectivity index (χ2n) is 4.58. The Bertz CT molecular complexity index is 473. The maximum Gasteiger partial charge on any atom is 0.317 e. The third kappa shape index (κ3) is 3.94. The minimum atomic E-state index is -0.552. The van der Waals surface area contributed by atoms with Crippen LogP contribution in [0.2, 0.25) is 0 Å². The summed E-state index contributed by atoms with van der Waals surface area (Å²) in [4.78, 5) is 17.1. The summed E-state index contributed by atoms with van der Waals surface area (Å²) in [6, 6.07) is 4.38. The van der Waals surface area contributed by atoms with Crippen molar-refractivity contribution in [3.05, 3.63) is 36.8 Å². The Hall–Kier alpha value is -2.11. The van der Waals surface area contributed by atoms with Crippen LogP contribution in [-0.2, 0) is 0 Å². The number of rotatable bonds is 4.